The first kappa shape index (κ1) is 13.6. The van der Waals surface area contributed by atoms with Gasteiger partial charge in [-0.1, -0.05) is 12.2 Å². The number of allylic oxidation sites excluding steroid dienone is 2. The monoisotopic (exact) mass is 362 g/mol. The number of halogens is 1. The Labute approximate surface area is 134 Å². The summed E-state index contributed by atoms with van der Waals surface area (Å²) in [7, 11) is 0. The fourth-order valence-electron chi connectivity index (χ4n) is 3.93. The Morgan fingerprint density at radius 2 is 1.73 bits per heavy atom. The Morgan fingerprint density at radius 3 is 2.23 bits per heavy atom. The van der Waals surface area contributed by atoms with Crippen LogP contribution in [0.1, 0.15) is 6.42 Å². The molecular formula is C15H11BrN2O4. The van der Waals surface area contributed by atoms with Gasteiger partial charge in [-0.3, -0.25) is 19.7 Å². The predicted molar refractivity (Wildman–Crippen MR) is 81.0 cm³/mol. The number of hydrogen-bond donors (Lipinski definition) is 0. The molecule has 4 rings (SSSR count). The molecule has 1 aliphatic heterocycles. The van der Waals surface area contributed by atoms with Gasteiger partial charge >= 0.3 is 0 Å². The minimum atomic E-state index is -0.513. The molecule has 7 heteroatoms. The van der Waals surface area contributed by atoms with Crippen LogP contribution in [-0.2, 0) is 9.59 Å². The van der Waals surface area contributed by atoms with E-state index < -0.39 is 4.92 Å². The van der Waals surface area contributed by atoms with Crippen LogP contribution in [0.25, 0.3) is 0 Å². The van der Waals surface area contributed by atoms with E-state index in [2.05, 4.69) is 15.9 Å². The Morgan fingerprint density at radius 1 is 1.14 bits per heavy atom. The number of amides is 2. The second-order valence-electron chi connectivity index (χ2n) is 5.90. The lowest BCUT2D eigenvalue weighted by Crippen LogP contribution is -2.33. The number of hydrogen-bond acceptors (Lipinski definition) is 4. The number of nitrogens with zero attached hydrogens (tertiary/aromatic N) is 2. The van der Waals surface area contributed by atoms with Crippen molar-refractivity contribution in [3.05, 3.63) is 44.9 Å². The molecule has 6 nitrogen and oxygen atoms in total. The Hall–Kier alpha value is -2.02. The van der Waals surface area contributed by atoms with Crippen LogP contribution in [0.3, 0.4) is 0 Å². The number of non-ortho nitro benzene ring substituents is 1. The van der Waals surface area contributed by atoms with Crippen molar-refractivity contribution in [3.63, 3.8) is 0 Å². The van der Waals surface area contributed by atoms with E-state index in [1.807, 2.05) is 12.2 Å². The second-order valence-corrected chi connectivity index (χ2v) is 6.76. The number of imide groups is 1. The van der Waals surface area contributed by atoms with Crippen molar-refractivity contribution >= 4 is 39.1 Å². The SMILES string of the molecule is O=C1[C@@H]2[C@@H](C(=O)N1c1ccc([N+](=O)[O-])cc1Br)[C@H]1C=C[C@@H]2C1. The number of anilines is 1. The molecule has 1 heterocycles. The average molecular weight is 363 g/mol. The molecule has 2 bridgehead atoms. The average Bonchev–Trinajstić information content (AvgIpc) is 3.14. The number of nitro groups is 1. The Kier molecular flexibility index (Phi) is 2.78. The van der Waals surface area contributed by atoms with Crippen molar-refractivity contribution in [2.45, 2.75) is 6.42 Å². The number of carbonyl (C=O) groups is 2. The van der Waals surface area contributed by atoms with Gasteiger partial charge in [-0.15, -0.1) is 0 Å². The van der Waals surface area contributed by atoms with Gasteiger partial charge in [0.1, 0.15) is 0 Å². The van der Waals surface area contributed by atoms with Crippen molar-refractivity contribution in [3.8, 4) is 0 Å². The van der Waals surface area contributed by atoms with Crippen molar-refractivity contribution in [1.29, 1.82) is 0 Å². The Bertz CT molecular complexity index is 730. The first-order chi connectivity index (χ1) is 10.5. The van der Waals surface area contributed by atoms with Crippen LogP contribution in [-0.4, -0.2) is 16.7 Å². The zero-order chi connectivity index (χ0) is 15.6. The van der Waals surface area contributed by atoms with Crippen molar-refractivity contribution in [1.82, 2.24) is 0 Å². The highest BCUT2D eigenvalue weighted by Crippen LogP contribution is 2.53. The van der Waals surface area contributed by atoms with Crippen molar-refractivity contribution in [2.75, 3.05) is 4.90 Å². The lowest BCUT2D eigenvalue weighted by Gasteiger charge is -2.18. The van der Waals surface area contributed by atoms with Crippen LogP contribution in [0.5, 0.6) is 0 Å². The first-order valence-electron chi connectivity index (χ1n) is 6.99. The third kappa shape index (κ3) is 1.65. The molecular weight excluding hydrogens is 352 g/mol. The highest BCUT2D eigenvalue weighted by atomic mass is 79.9. The minimum absolute atomic E-state index is 0.0864. The van der Waals surface area contributed by atoms with Crippen LogP contribution in [0.2, 0.25) is 0 Å². The highest BCUT2D eigenvalue weighted by Gasteiger charge is 2.59. The maximum atomic E-state index is 12.7. The molecule has 2 amide bonds. The van der Waals surface area contributed by atoms with Gasteiger partial charge in [0, 0.05) is 16.6 Å². The van der Waals surface area contributed by atoms with Crippen LogP contribution in [0, 0.1) is 33.8 Å². The van der Waals surface area contributed by atoms with Gasteiger partial charge in [0.25, 0.3) is 5.69 Å². The molecule has 2 fully saturated rings. The van der Waals surface area contributed by atoms with E-state index in [1.54, 1.807) is 0 Å². The minimum Gasteiger partial charge on any atom is -0.274 e. The highest BCUT2D eigenvalue weighted by molar-refractivity contribution is 9.10. The third-order valence-corrected chi connectivity index (χ3v) is 5.49. The standard InChI is InChI=1S/C15H11BrN2O4/c16-10-6-9(18(21)22)3-4-11(10)17-14(19)12-7-1-2-8(5-7)13(12)15(17)20/h1-4,6-8,12-13H,5H2/t7-,8+,12-,13-/m0/s1. The van der Waals surface area contributed by atoms with E-state index in [0.29, 0.717) is 10.2 Å². The van der Waals surface area contributed by atoms with Crippen LogP contribution in [0.15, 0.2) is 34.8 Å². The molecule has 0 spiro atoms. The largest absolute Gasteiger partial charge is 0.274 e. The molecule has 0 radical (unpaired) electrons. The van der Waals surface area contributed by atoms with Gasteiger partial charge in [-0.05, 0) is 40.3 Å². The molecule has 1 saturated heterocycles. The van der Waals surface area contributed by atoms with Crippen LogP contribution in [0.4, 0.5) is 11.4 Å². The number of rotatable bonds is 2. The van der Waals surface area contributed by atoms with E-state index in [-0.39, 0.29) is 41.2 Å². The van der Waals surface area contributed by atoms with E-state index >= 15 is 0 Å². The molecule has 1 aromatic rings. The first-order valence-corrected chi connectivity index (χ1v) is 7.78. The lowest BCUT2D eigenvalue weighted by molar-refractivity contribution is -0.384. The molecule has 0 unspecified atom stereocenters. The molecule has 112 valence electrons. The van der Waals surface area contributed by atoms with Gasteiger partial charge in [0.15, 0.2) is 0 Å². The fraction of sp³-hybridized carbons (Fsp3) is 0.333. The molecule has 0 N–H and O–H groups in total. The Balaban J connectivity index is 1.74. The molecule has 1 aromatic carbocycles. The van der Waals surface area contributed by atoms with Gasteiger partial charge in [0.2, 0.25) is 11.8 Å². The van der Waals surface area contributed by atoms with Crippen LogP contribution < -0.4 is 4.90 Å². The van der Waals surface area contributed by atoms with E-state index in [4.69, 9.17) is 0 Å². The maximum absolute atomic E-state index is 12.7. The number of benzene rings is 1. The number of carbonyl (C=O) groups excluding carboxylic acids is 2. The van der Waals surface area contributed by atoms with Crippen LogP contribution >= 0.6 is 15.9 Å². The molecule has 0 aromatic heterocycles. The summed E-state index contributed by atoms with van der Waals surface area (Å²) in [5, 5.41) is 10.8. The second kappa shape index (κ2) is 4.49. The van der Waals surface area contributed by atoms with E-state index in [9.17, 15) is 19.7 Å². The van der Waals surface area contributed by atoms with Gasteiger partial charge in [-0.2, -0.15) is 0 Å². The summed E-state index contributed by atoms with van der Waals surface area (Å²) >= 11 is 3.24. The molecule has 4 atom stereocenters. The number of fused-ring (bicyclic) bond motifs is 5. The topological polar surface area (TPSA) is 80.5 Å². The third-order valence-electron chi connectivity index (χ3n) is 4.85. The van der Waals surface area contributed by atoms with E-state index in [0.717, 1.165) is 6.42 Å². The van der Waals surface area contributed by atoms with Crippen molar-refractivity contribution < 1.29 is 14.5 Å². The fourth-order valence-corrected chi connectivity index (χ4v) is 4.47. The molecule has 2 aliphatic carbocycles. The normalized spacial score (nSPS) is 32.0. The molecule has 22 heavy (non-hydrogen) atoms. The summed E-state index contributed by atoms with van der Waals surface area (Å²) < 4.78 is 0.378. The quantitative estimate of drug-likeness (QED) is 0.350. The summed E-state index contributed by atoms with van der Waals surface area (Å²) in [6.07, 6.45) is 4.94. The zero-order valence-corrected chi connectivity index (χ0v) is 12.9. The van der Waals surface area contributed by atoms with Crippen molar-refractivity contribution in [2.24, 2.45) is 23.7 Å². The number of nitro benzene ring substituents is 1. The summed E-state index contributed by atoms with van der Waals surface area (Å²) in [5.41, 5.74) is 0.297. The van der Waals surface area contributed by atoms with Gasteiger partial charge in [0.05, 0.1) is 22.4 Å². The smallest absolute Gasteiger partial charge is 0.270 e. The predicted octanol–water partition coefficient (Wildman–Crippen LogP) is 2.67. The summed E-state index contributed by atoms with van der Waals surface area (Å²) in [6, 6.07) is 4.08. The van der Waals surface area contributed by atoms with Gasteiger partial charge in [-0.25, -0.2) is 4.90 Å². The molecule has 1 saturated carbocycles. The molecule has 3 aliphatic rings. The van der Waals surface area contributed by atoms with E-state index in [1.165, 1.54) is 23.1 Å². The maximum Gasteiger partial charge on any atom is 0.270 e. The zero-order valence-electron chi connectivity index (χ0n) is 11.3. The summed E-state index contributed by atoms with van der Waals surface area (Å²) in [5.74, 6) is -0.640. The summed E-state index contributed by atoms with van der Waals surface area (Å²) in [6.45, 7) is 0. The lowest BCUT2D eigenvalue weighted by atomic mass is 9.85. The van der Waals surface area contributed by atoms with Gasteiger partial charge < -0.3 is 0 Å². The summed E-state index contributed by atoms with van der Waals surface area (Å²) in [4.78, 5) is 36.8.